The molecule has 0 amide bonds. The molecular weight excluding hydrogens is 290 g/mol. The van der Waals surface area contributed by atoms with Crippen molar-refractivity contribution < 1.29 is 9.59 Å². The second-order valence-electron chi connectivity index (χ2n) is 4.88. The van der Waals surface area contributed by atoms with Crippen molar-refractivity contribution in [2.24, 2.45) is 0 Å². The third kappa shape index (κ3) is 3.03. The summed E-state index contributed by atoms with van der Waals surface area (Å²) in [4.78, 5) is 32.3. The number of hydrogen-bond acceptors (Lipinski definition) is 5. The van der Waals surface area contributed by atoms with E-state index in [-0.39, 0.29) is 16.7 Å². The summed E-state index contributed by atoms with van der Waals surface area (Å²) in [6, 6.07) is 0. The molecule has 1 heterocycles. The summed E-state index contributed by atoms with van der Waals surface area (Å²) < 4.78 is 0. The average Bonchev–Trinajstić information content (AvgIpc) is 2.48. The van der Waals surface area contributed by atoms with Crippen LogP contribution in [0.2, 0.25) is 5.15 Å². The Hall–Kier alpha value is -2.01. The Morgan fingerprint density at radius 1 is 1.00 bits per heavy atom. The zero-order valence-electron chi connectivity index (χ0n) is 12.2. The average molecular weight is 306 g/mol. The molecule has 0 radical (unpaired) electrons. The van der Waals surface area contributed by atoms with E-state index in [0.717, 1.165) is 0 Å². The zero-order chi connectivity index (χ0) is 15.6. The van der Waals surface area contributed by atoms with Gasteiger partial charge in [-0.05, 0) is 27.2 Å². The molecule has 6 heteroatoms. The molecule has 1 N–H and O–H groups in total. The number of Topliss-reactive ketones (excluding diaryl/α,β-unsaturated/α-hetero) is 2. The lowest BCUT2D eigenvalue weighted by Crippen LogP contribution is -2.22. The molecule has 0 unspecified atom stereocenters. The van der Waals surface area contributed by atoms with Crippen LogP contribution in [0.1, 0.15) is 27.2 Å². The van der Waals surface area contributed by atoms with E-state index in [1.165, 1.54) is 12.4 Å². The van der Waals surface area contributed by atoms with Crippen LogP contribution in [0.25, 0.3) is 0 Å². The lowest BCUT2D eigenvalue weighted by Gasteiger charge is -2.18. The highest BCUT2D eigenvalue weighted by atomic mass is 35.5. The minimum absolute atomic E-state index is 0.0559. The second-order valence-corrected chi connectivity index (χ2v) is 5.24. The molecule has 1 aromatic rings. The van der Waals surface area contributed by atoms with E-state index in [4.69, 9.17) is 11.6 Å². The molecule has 0 saturated heterocycles. The predicted octanol–water partition coefficient (Wildman–Crippen LogP) is 2.74. The molecule has 0 saturated carbocycles. The number of anilines is 1. The largest absolute Gasteiger partial charge is 0.367 e. The summed E-state index contributed by atoms with van der Waals surface area (Å²) in [5.41, 5.74) is 2.13. The molecule has 0 spiro atoms. The maximum Gasteiger partial charge on any atom is 0.185 e. The number of aromatic nitrogens is 2. The highest BCUT2D eigenvalue weighted by Crippen LogP contribution is 2.26. The number of hydrogen-bond donors (Lipinski definition) is 1. The van der Waals surface area contributed by atoms with Crippen molar-refractivity contribution >= 4 is 29.0 Å². The molecule has 21 heavy (non-hydrogen) atoms. The molecule has 2 rings (SSSR count). The summed E-state index contributed by atoms with van der Waals surface area (Å²) in [6.45, 7) is 5.53. The minimum atomic E-state index is -0.0587. The Balaban J connectivity index is 2.08. The molecule has 110 valence electrons. The maximum absolute atomic E-state index is 12.3. The maximum atomic E-state index is 12.3. The molecule has 1 aliphatic rings. The fraction of sp³-hybridized carbons (Fsp3) is 0.333. The first kappa shape index (κ1) is 15.4. The van der Waals surface area contributed by atoms with Crippen LogP contribution in [-0.4, -0.2) is 28.1 Å². The van der Waals surface area contributed by atoms with Crippen LogP contribution in [0.3, 0.4) is 0 Å². The molecule has 1 aromatic heterocycles. The van der Waals surface area contributed by atoms with Crippen LogP contribution in [0.5, 0.6) is 0 Å². The molecule has 0 bridgehead atoms. The van der Waals surface area contributed by atoms with Crippen LogP contribution < -0.4 is 5.32 Å². The number of ketones is 2. The third-order valence-corrected chi connectivity index (χ3v) is 3.91. The van der Waals surface area contributed by atoms with Gasteiger partial charge in [0.25, 0.3) is 0 Å². The standard InChI is InChI=1S/C15H16ClN3O2/c1-8-9(2)13(21)11(10(3)12(8)20)4-5-18-15-14(16)17-6-7-19-15/h6-7H,4-5H2,1-3H3,(H,18,19). The summed E-state index contributed by atoms with van der Waals surface area (Å²) >= 11 is 5.89. The van der Waals surface area contributed by atoms with E-state index < -0.39 is 0 Å². The Bertz CT molecular complexity index is 677. The number of nitrogens with one attached hydrogen (secondary N) is 1. The predicted molar refractivity (Wildman–Crippen MR) is 81.2 cm³/mol. The smallest absolute Gasteiger partial charge is 0.185 e. The van der Waals surface area contributed by atoms with Crippen LogP contribution in [0.4, 0.5) is 5.82 Å². The van der Waals surface area contributed by atoms with E-state index >= 15 is 0 Å². The van der Waals surface area contributed by atoms with Gasteiger partial charge in [0, 0.05) is 41.2 Å². The van der Waals surface area contributed by atoms with Crippen molar-refractivity contribution in [3.05, 3.63) is 39.8 Å². The van der Waals surface area contributed by atoms with Crippen molar-refractivity contribution in [1.29, 1.82) is 0 Å². The van der Waals surface area contributed by atoms with Crippen LogP contribution in [0.15, 0.2) is 34.7 Å². The van der Waals surface area contributed by atoms with Crippen LogP contribution >= 0.6 is 11.6 Å². The van der Waals surface area contributed by atoms with Crippen molar-refractivity contribution in [2.75, 3.05) is 11.9 Å². The first-order valence-electron chi connectivity index (χ1n) is 6.60. The fourth-order valence-electron chi connectivity index (χ4n) is 2.20. The molecule has 0 aromatic carbocycles. The number of rotatable bonds is 4. The van der Waals surface area contributed by atoms with Gasteiger partial charge in [-0.2, -0.15) is 0 Å². The van der Waals surface area contributed by atoms with Gasteiger partial charge in [0.05, 0.1) is 0 Å². The van der Waals surface area contributed by atoms with Crippen molar-refractivity contribution in [1.82, 2.24) is 9.97 Å². The quantitative estimate of drug-likeness (QED) is 0.866. The number of carbonyl (C=O) groups excluding carboxylic acids is 2. The lowest BCUT2D eigenvalue weighted by atomic mass is 9.84. The summed E-state index contributed by atoms with van der Waals surface area (Å²) in [6.07, 6.45) is 3.47. The van der Waals surface area contributed by atoms with Gasteiger partial charge in [0.2, 0.25) is 0 Å². The second kappa shape index (κ2) is 6.18. The van der Waals surface area contributed by atoms with E-state index in [1.54, 1.807) is 20.8 Å². The Morgan fingerprint density at radius 2 is 1.62 bits per heavy atom. The van der Waals surface area contributed by atoms with Gasteiger partial charge in [-0.15, -0.1) is 0 Å². The monoisotopic (exact) mass is 305 g/mol. The summed E-state index contributed by atoms with van der Waals surface area (Å²) in [5.74, 6) is 0.353. The molecular formula is C15H16ClN3O2. The van der Waals surface area contributed by atoms with Gasteiger partial charge < -0.3 is 5.32 Å². The van der Waals surface area contributed by atoms with Crippen LogP contribution in [0, 0.1) is 0 Å². The van der Waals surface area contributed by atoms with Crippen molar-refractivity contribution in [3.63, 3.8) is 0 Å². The van der Waals surface area contributed by atoms with Gasteiger partial charge in [0.1, 0.15) is 0 Å². The number of carbonyl (C=O) groups is 2. The molecule has 1 aliphatic carbocycles. The summed E-state index contributed by atoms with van der Waals surface area (Å²) in [7, 11) is 0. The van der Waals surface area contributed by atoms with E-state index in [2.05, 4.69) is 15.3 Å². The Morgan fingerprint density at radius 3 is 2.29 bits per heavy atom. The number of halogens is 1. The highest BCUT2D eigenvalue weighted by Gasteiger charge is 2.27. The lowest BCUT2D eigenvalue weighted by molar-refractivity contribution is -0.116. The van der Waals surface area contributed by atoms with Gasteiger partial charge in [-0.1, -0.05) is 11.6 Å². The first-order valence-corrected chi connectivity index (χ1v) is 6.98. The minimum Gasteiger partial charge on any atom is -0.367 e. The molecule has 0 fully saturated rings. The van der Waals surface area contributed by atoms with E-state index in [0.29, 0.717) is 41.1 Å². The van der Waals surface area contributed by atoms with Crippen molar-refractivity contribution in [3.8, 4) is 0 Å². The normalized spacial score (nSPS) is 15.8. The number of allylic oxidation sites excluding steroid dienone is 3. The third-order valence-electron chi connectivity index (χ3n) is 3.63. The first-order chi connectivity index (χ1) is 9.93. The van der Waals surface area contributed by atoms with E-state index in [1.807, 2.05) is 0 Å². The Kier molecular flexibility index (Phi) is 4.53. The van der Waals surface area contributed by atoms with Crippen molar-refractivity contribution in [2.45, 2.75) is 27.2 Å². The molecule has 0 atom stereocenters. The van der Waals surface area contributed by atoms with Gasteiger partial charge in [-0.25, -0.2) is 9.97 Å². The topological polar surface area (TPSA) is 72.0 Å². The Labute approximate surface area is 128 Å². The van der Waals surface area contributed by atoms with Gasteiger partial charge in [-0.3, -0.25) is 9.59 Å². The fourth-order valence-corrected chi connectivity index (χ4v) is 2.37. The highest BCUT2D eigenvalue weighted by molar-refractivity contribution is 6.31. The zero-order valence-corrected chi connectivity index (χ0v) is 12.9. The van der Waals surface area contributed by atoms with Gasteiger partial charge in [0.15, 0.2) is 22.5 Å². The molecule has 5 nitrogen and oxygen atoms in total. The summed E-state index contributed by atoms with van der Waals surface area (Å²) in [5, 5.41) is 3.30. The number of nitrogens with zero attached hydrogens (tertiary/aromatic N) is 2. The SMILES string of the molecule is CC1=C(C)C(=O)C(CCNc2nccnc2Cl)=C(C)C1=O. The van der Waals surface area contributed by atoms with E-state index in [9.17, 15) is 9.59 Å². The molecule has 0 aliphatic heterocycles. The van der Waals surface area contributed by atoms with Crippen LogP contribution in [-0.2, 0) is 9.59 Å². The van der Waals surface area contributed by atoms with Gasteiger partial charge >= 0.3 is 0 Å².